The molecule has 1 aliphatic heterocycles. The Balaban J connectivity index is 2.06. The van der Waals surface area contributed by atoms with E-state index in [0.717, 1.165) is 23.1 Å². The summed E-state index contributed by atoms with van der Waals surface area (Å²) in [5.74, 6) is 0.0630. The summed E-state index contributed by atoms with van der Waals surface area (Å²) < 4.78 is 11.5. The number of aliphatic hydroxyl groups excluding tert-OH is 1. The van der Waals surface area contributed by atoms with Crippen LogP contribution in [0, 0.1) is 5.92 Å². The van der Waals surface area contributed by atoms with E-state index < -0.39 is 6.29 Å². The van der Waals surface area contributed by atoms with Gasteiger partial charge in [0.25, 0.3) is 0 Å². The number of Topliss-reactive ketones (excluding diaryl/α,β-unsaturated/α-hetero) is 1. The fourth-order valence-corrected chi connectivity index (χ4v) is 2.51. The predicted molar refractivity (Wildman–Crippen MR) is 76.1 cm³/mol. The minimum atomic E-state index is -0.463. The Morgan fingerprint density at radius 1 is 1.55 bits per heavy atom. The van der Waals surface area contributed by atoms with E-state index in [1.54, 1.807) is 13.0 Å². The molecule has 3 atom stereocenters. The lowest BCUT2D eigenvalue weighted by molar-refractivity contribution is -0.153. The Morgan fingerprint density at radius 2 is 2.30 bits per heavy atom. The minimum Gasteiger partial charge on any atom is -0.392 e. The number of hydrogen-bond acceptors (Lipinski definition) is 4. The summed E-state index contributed by atoms with van der Waals surface area (Å²) in [6, 6.07) is 0. The molecule has 0 aromatic rings. The van der Waals surface area contributed by atoms with E-state index >= 15 is 0 Å². The highest BCUT2D eigenvalue weighted by Crippen LogP contribution is 2.34. The van der Waals surface area contributed by atoms with Crippen LogP contribution in [0.15, 0.2) is 35.5 Å². The molecule has 2 aliphatic rings. The van der Waals surface area contributed by atoms with Crippen LogP contribution in [-0.4, -0.2) is 36.5 Å². The topological polar surface area (TPSA) is 55.8 Å². The quantitative estimate of drug-likeness (QED) is 0.783. The fraction of sp³-hybridized carbons (Fsp3) is 0.562. The zero-order valence-electron chi connectivity index (χ0n) is 12.1. The number of fused-ring (bicyclic) bond motifs is 1. The molecule has 20 heavy (non-hydrogen) atoms. The second kappa shape index (κ2) is 6.48. The maximum Gasteiger partial charge on any atom is 0.177 e. The molecule has 1 aliphatic carbocycles. The van der Waals surface area contributed by atoms with Crippen LogP contribution in [0.4, 0.5) is 0 Å². The average molecular weight is 278 g/mol. The molecule has 0 fully saturated rings. The summed E-state index contributed by atoms with van der Waals surface area (Å²) >= 11 is 0. The highest BCUT2D eigenvalue weighted by molar-refractivity contribution is 5.96. The number of rotatable bonds is 5. The molecule has 0 saturated carbocycles. The van der Waals surface area contributed by atoms with Gasteiger partial charge in [-0.1, -0.05) is 5.57 Å². The van der Waals surface area contributed by atoms with Gasteiger partial charge in [0.2, 0.25) is 0 Å². The van der Waals surface area contributed by atoms with Crippen molar-refractivity contribution in [1.29, 1.82) is 0 Å². The first-order valence-electron chi connectivity index (χ1n) is 6.95. The molecule has 110 valence electrons. The number of ketones is 1. The third-order valence-electron chi connectivity index (χ3n) is 3.77. The molecule has 0 saturated heterocycles. The SMILES string of the molecule is C=C(C)CCOC1C=C(CO)C2CC(=O)C(C)=C[C@H]2O1. The first-order chi connectivity index (χ1) is 9.51. The van der Waals surface area contributed by atoms with E-state index in [0.29, 0.717) is 13.0 Å². The average Bonchev–Trinajstić information content (AvgIpc) is 2.39. The molecule has 0 spiro atoms. The van der Waals surface area contributed by atoms with Crippen LogP contribution >= 0.6 is 0 Å². The van der Waals surface area contributed by atoms with Crippen molar-refractivity contribution in [3.05, 3.63) is 35.5 Å². The molecule has 0 amide bonds. The van der Waals surface area contributed by atoms with E-state index in [-0.39, 0.29) is 24.4 Å². The highest BCUT2D eigenvalue weighted by Gasteiger charge is 2.36. The molecule has 0 radical (unpaired) electrons. The van der Waals surface area contributed by atoms with Crippen LogP contribution in [0.5, 0.6) is 0 Å². The zero-order chi connectivity index (χ0) is 14.7. The molecule has 2 rings (SSSR count). The summed E-state index contributed by atoms with van der Waals surface area (Å²) in [5, 5.41) is 9.49. The van der Waals surface area contributed by atoms with Gasteiger partial charge in [-0.2, -0.15) is 0 Å². The van der Waals surface area contributed by atoms with Gasteiger partial charge in [0, 0.05) is 12.3 Å². The molecule has 0 aromatic carbocycles. The van der Waals surface area contributed by atoms with Crippen LogP contribution in [0.2, 0.25) is 0 Å². The van der Waals surface area contributed by atoms with Crippen LogP contribution in [-0.2, 0) is 14.3 Å². The molecule has 0 bridgehead atoms. The highest BCUT2D eigenvalue weighted by atomic mass is 16.7. The first-order valence-corrected chi connectivity index (χ1v) is 6.95. The zero-order valence-corrected chi connectivity index (χ0v) is 12.1. The van der Waals surface area contributed by atoms with Gasteiger partial charge < -0.3 is 14.6 Å². The van der Waals surface area contributed by atoms with E-state index in [9.17, 15) is 9.90 Å². The summed E-state index contributed by atoms with van der Waals surface area (Å²) in [4.78, 5) is 11.8. The molecule has 1 heterocycles. The monoisotopic (exact) mass is 278 g/mol. The van der Waals surface area contributed by atoms with Crippen molar-refractivity contribution in [2.45, 2.75) is 39.1 Å². The second-order valence-corrected chi connectivity index (χ2v) is 5.53. The number of aliphatic hydroxyl groups is 1. The smallest absolute Gasteiger partial charge is 0.177 e. The van der Waals surface area contributed by atoms with Gasteiger partial charge in [-0.3, -0.25) is 4.79 Å². The van der Waals surface area contributed by atoms with E-state index in [1.807, 2.05) is 13.0 Å². The first kappa shape index (κ1) is 15.2. The van der Waals surface area contributed by atoms with Crippen molar-refractivity contribution < 1.29 is 19.4 Å². The number of ether oxygens (including phenoxy) is 2. The van der Waals surface area contributed by atoms with Crippen LogP contribution in [0.3, 0.4) is 0 Å². The van der Waals surface area contributed by atoms with Gasteiger partial charge in [0.05, 0.1) is 19.3 Å². The van der Waals surface area contributed by atoms with Gasteiger partial charge in [0.1, 0.15) is 0 Å². The Hall–Kier alpha value is -1.23. The van der Waals surface area contributed by atoms with Crippen molar-refractivity contribution in [1.82, 2.24) is 0 Å². The summed E-state index contributed by atoms with van der Waals surface area (Å²) in [7, 11) is 0. The van der Waals surface area contributed by atoms with E-state index in [2.05, 4.69) is 6.58 Å². The van der Waals surface area contributed by atoms with Crippen LogP contribution in [0.1, 0.15) is 26.7 Å². The van der Waals surface area contributed by atoms with Crippen molar-refractivity contribution in [2.75, 3.05) is 13.2 Å². The fourth-order valence-electron chi connectivity index (χ4n) is 2.51. The van der Waals surface area contributed by atoms with Crippen LogP contribution < -0.4 is 0 Å². The summed E-state index contributed by atoms with van der Waals surface area (Å²) in [5.41, 5.74) is 2.62. The molecular weight excluding hydrogens is 256 g/mol. The van der Waals surface area contributed by atoms with E-state index in [1.165, 1.54) is 0 Å². The van der Waals surface area contributed by atoms with Gasteiger partial charge >= 0.3 is 0 Å². The third-order valence-corrected chi connectivity index (χ3v) is 3.77. The number of carbonyl (C=O) groups excluding carboxylic acids is 1. The van der Waals surface area contributed by atoms with Gasteiger partial charge in [-0.05, 0) is 43.6 Å². The van der Waals surface area contributed by atoms with Crippen molar-refractivity contribution in [3.8, 4) is 0 Å². The van der Waals surface area contributed by atoms with Crippen molar-refractivity contribution in [3.63, 3.8) is 0 Å². The second-order valence-electron chi connectivity index (χ2n) is 5.53. The lowest BCUT2D eigenvalue weighted by atomic mass is 9.80. The molecule has 4 heteroatoms. The Kier molecular flexibility index (Phi) is 4.91. The van der Waals surface area contributed by atoms with Gasteiger partial charge in [0.15, 0.2) is 12.1 Å². The standard InChI is InChI=1S/C16H22O4/c1-10(2)4-5-19-16-7-12(9-17)13-8-14(18)11(3)6-15(13)20-16/h6-7,13,15-17H,1,4-5,8-9H2,2-3H3/t13?,15-,16?/m1/s1. The predicted octanol–water partition coefficient (Wildman–Crippen LogP) is 2.15. The lowest BCUT2D eigenvalue weighted by Crippen LogP contribution is -2.39. The molecule has 2 unspecified atom stereocenters. The Morgan fingerprint density at radius 3 is 2.95 bits per heavy atom. The Labute approximate surface area is 119 Å². The lowest BCUT2D eigenvalue weighted by Gasteiger charge is -2.36. The summed E-state index contributed by atoms with van der Waals surface area (Å²) in [6.45, 7) is 8.06. The normalized spacial score (nSPS) is 29.6. The number of hydrogen-bond donors (Lipinski definition) is 1. The van der Waals surface area contributed by atoms with Crippen molar-refractivity contribution >= 4 is 5.78 Å². The maximum absolute atomic E-state index is 11.8. The minimum absolute atomic E-state index is 0.0582. The molecular formula is C16H22O4. The largest absolute Gasteiger partial charge is 0.392 e. The molecule has 4 nitrogen and oxygen atoms in total. The van der Waals surface area contributed by atoms with E-state index in [4.69, 9.17) is 9.47 Å². The molecule has 1 N–H and O–H groups in total. The summed E-state index contributed by atoms with van der Waals surface area (Å²) in [6.07, 6.45) is 4.17. The Bertz CT molecular complexity index is 461. The molecule has 0 aromatic heterocycles. The number of allylic oxidation sites excluding steroid dienone is 1. The maximum atomic E-state index is 11.8. The van der Waals surface area contributed by atoms with Gasteiger partial charge in [-0.25, -0.2) is 0 Å². The van der Waals surface area contributed by atoms with Gasteiger partial charge in [-0.15, -0.1) is 6.58 Å². The number of carbonyl (C=O) groups is 1. The third kappa shape index (κ3) is 3.45. The van der Waals surface area contributed by atoms with Crippen molar-refractivity contribution in [2.24, 2.45) is 5.92 Å². The van der Waals surface area contributed by atoms with Crippen LogP contribution in [0.25, 0.3) is 0 Å².